The van der Waals surface area contributed by atoms with Crippen LogP contribution in [0.3, 0.4) is 0 Å². The first-order chi connectivity index (χ1) is 12.0. The third kappa shape index (κ3) is 3.15. The summed E-state index contributed by atoms with van der Waals surface area (Å²) in [5.41, 5.74) is 0.852. The molecule has 0 aliphatic carbocycles. The summed E-state index contributed by atoms with van der Waals surface area (Å²) in [5.74, 6) is 0. The van der Waals surface area contributed by atoms with Crippen molar-refractivity contribution in [1.82, 2.24) is 25.2 Å². The van der Waals surface area contributed by atoms with Crippen LogP contribution in [0.2, 0.25) is 0 Å². The summed E-state index contributed by atoms with van der Waals surface area (Å²) in [6, 6.07) is 13.9. The third-order valence-electron chi connectivity index (χ3n) is 3.44. The molecule has 2 heterocycles. The van der Waals surface area contributed by atoms with Crippen LogP contribution in [0.1, 0.15) is 0 Å². The molecule has 0 amide bonds. The van der Waals surface area contributed by atoms with E-state index in [1.54, 1.807) is 4.68 Å². The van der Waals surface area contributed by atoms with E-state index in [1.165, 1.54) is 18.0 Å². The van der Waals surface area contributed by atoms with Gasteiger partial charge < -0.3 is 0 Å². The van der Waals surface area contributed by atoms with Crippen LogP contribution in [0.25, 0.3) is 16.5 Å². The molecule has 0 atom stereocenters. The predicted octanol–water partition coefficient (Wildman–Crippen LogP) is 2.83. The minimum atomic E-state index is -3.27. The second kappa shape index (κ2) is 6.21. The Balaban J connectivity index is 1.75. The lowest BCUT2D eigenvalue weighted by molar-refractivity contribution is 0.603. The van der Waals surface area contributed by atoms with Crippen molar-refractivity contribution >= 4 is 43.7 Å². The minimum Gasteiger partial charge on any atom is -0.236 e. The van der Waals surface area contributed by atoms with E-state index < -0.39 is 9.84 Å². The second-order valence-electron chi connectivity index (χ2n) is 5.19. The summed E-state index contributed by atoms with van der Waals surface area (Å²) < 4.78 is 25.6. The van der Waals surface area contributed by atoms with Gasteiger partial charge in [-0.15, -0.1) is 5.10 Å². The Hall–Kier alpha value is -2.30. The van der Waals surface area contributed by atoms with E-state index >= 15 is 0 Å². The van der Waals surface area contributed by atoms with Crippen LogP contribution in [0.15, 0.2) is 62.4 Å². The molecule has 10 heteroatoms. The van der Waals surface area contributed by atoms with Crippen molar-refractivity contribution < 1.29 is 8.42 Å². The molecule has 0 fully saturated rings. The van der Waals surface area contributed by atoms with Gasteiger partial charge in [-0.05, 0) is 33.6 Å². The average molecular weight is 389 g/mol. The molecule has 4 aromatic rings. The number of sulfone groups is 1. The molecule has 0 spiro atoms. The van der Waals surface area contributed by atoms with Crippen LogP contribution < -0.4 is 0 Å². The summed E-state index contributed by atoms with van der Waals surface area (Å²) in [4.78, 5) is 4.15. The summed E-state index contributed by atoms with van der Waals surface area (Å²) >= 11 is 2.33. The van der Waals surface area contributed by atoms with Crippen LogP contribution >= 0.6 is 23.1 Å². The molecular formula is C15H11N5O2S3. The highest BCUT2D eigenvalue weighted by atomic mass is 32.2. The molecule has 0 bridgehead atoms. The first-order valence-electron chi connectivity index (χ1n) is 7.12. The number of thiazole rings is 1. The van der Waals surface area contributed by atoms with E-state index in [4.69, 9.17) is 0 Å². The van der Waals surface area contributed by atoms with Gasteiger partial charge in [0.1, 0.15) is 4.21 Å². The Morgan fingerprint density at radius 3 is 2.72 bits per heavy atom. The van der Waals surface area contributed by atoms with E-state index in [1.807, 2.05) is 42.5 Å². The van der Waals surface area contributed by atoms with Gasteiger partial charge in [-0.1, -0.05) is 47.7 Å². The van der Waals surface area contributed by atoms with Gasteiger partial charge in [-0.2, -0.15) is 4.68 Å². The molecule has 0 unspecified atom stereocenters. The number of benzene rings is 2. The monoisotopic (exact) mass is 389 g/mol. The van der Waals surface area contributed by atoms with Crippen LogP contribution in [0, 0.1) is 0 Å². The lowest BCUT2D eigenvalue weighted by Crippen LogP contribution is -1.99. The molecule has 126 valence electrons. The van der Waals surface area contributed by atoms with Gasteiger partial charge in [-0.3, -0.25) is 0 Å². The van der Waals surface area contributed by atoms with Crippen molar-refractivity contribution in [3.8, 4) is 5.69 Å². The van der Waals surface area contributed by atoms with Crippen molar-refractivity contribution in [2.24, 2.45) is 0 Å². The maximum absolute atomic E-state index is 11.6. The van der Waals surface area contributed by atoms with Gasteiger partial charge >= 0.3 is 0 Å². The van der Waals surface area contributed by atoms with E-state index in [2.05, 4.69) is 20.5 Å². The first kappa shape index (κ1) is 16.2. The van der Waals surface area contributed by atoms with Gasteiger partial charge in [0, 0.05) is 11.6 Å². The van der Waals surface area contributed by atoms with E-state index in [9.17, 15) is 8.42 Å². The maximum atomic E-state index is 11.6. The van der Waals surface area contributed by atoms with Crippen LogP contribution in [0.4, 0.5) is 0 Å². The van der Waals surface area contributed by atoms with Crippen molar-refractivity contribution in [3.05, 3.63) is 48.7 Å². The number of aromatic nitrogens is 5. The van der Waals surface area contributed by atoms with Crippen LogP contribution in [0.5, 0.6) is 0 Å². The molecule has 7 nitrogen and oxygen atoms in total. The highest BCUT2D eigenvalue weighted by Gasteiger charge is 2.17. The van der Waals surface area contributed by atoms with Gasteiger partial charge in [0.2, 0.25) is 5.16 Å². The number of nitrogens with zero attached hydrogens (tertiary/aromatic N) is 5. The number of hydrogen-bond acceptors (Lipinski definition) is 8. The van der Waals surface area contributed by atoms with Crippen molar-refractivity contribution in [3.63, 3.8) is 0 Å². The molecule has 2 aromatic carbocycles. The lowest BCUT2D eigenvalue weighted by Gasteiger charge is -2.07. The maximum Gasteiger partial charge on any atom is 0.221 e. The predicted molar refractivity (Wildman–Crippen MR) is 96.0 cm³/mol. The Kier molecular flexibility index (Phi) is 4.02. The first-order valence-corrected chi connectivity index (χ1v) is 10.6. The zero-order chi connectivity index (χ0) is 17.4. The largest absolute Gasteiger partial charge is 0.236 e. The second-order valence-corrected chi connectivity index (χ2v) is 9.68. The molecule has 4 rings (SSSR count). The van der Waals surface area contributed by atoms with Crippen molar-refractivity contribution in [2.75, 3.05) is 6.26 Å². The highest BCUT2D eigenvalue weighted by molar-refractivity contribution is 8.01. The fraction of sp³-hybridized carbons (Fsp3) is 0.0667. The lowest BCUT2D eigenvalue weighted by atomic mass is 10.1. The topological polar surface area (TPSA) is 90.6 Å². The standard InChI is InChI=1S/C15H11N5O2S3/c1-25(21,22)13-9-16-15(23-13)24-14-17-18-19-20(14)12-8-4-6-10-5-2-3-7-11(10)12/h2-9H,1H3. The fourth-order valence-corrected chi connectivity index (χ4v) is 5.18. The SMILES string of the molecule is CS(=O)(=O)c1cnc(Sc2nnnn2-c2cccc3ccccc23)s1. The molecule has 25 heavy (non-hydrogen) atoms. The summed E-state index contributed by atoms with van der Waals surface area (Å²) in [6.07, 6.45) is 2.52. The van der Waals surface area contributed by atoms with Crippen molar-refractivity contribution in [1.29, 1.82) is 0 Å². The highest BCUT2D eigenvalue weighted by Crippen LogP contribution is 2.33. The van der Waals surface area contributed by atoms with Gasteiger partial charge in [0.25, 0.3) is 0 Å². The molecule has 2 aromatic heterocycles. The van der Waals surface area contributed by atoms with Gasteiger partial charge in [0.05, 0.1) is 11.9 Å². The summed E-state index contributed by atoms with van der Waals surface area (Å²) in [6.45, 7) is 0. The zero-order valence-corrected chi connectivity index (χ0v) is 15.3. The Labute approximate surface area is 151 Å². The van der Waals surface area contributed by atoms with E-state index in [0.717, 1.165) is 34.1 Å². The molecule has 0 saturated heterocycles. The number of tetrazole rings is 1. The number of hydrogen-bond donors (Lipinski definition) is 0. The van der Waals surface area contributed by atoms with E-state index in [-0.39, 0.29) is 4.21 Å². The molecule has 0 N–H and O–H groups in total. The van der Waals surface area contributed by atoms with Crippen molar-refractivity contribution in [2.45, 2.75) is 13.7 Å². The quantitative estimate of drug-likeness (QED) is 0.530. The van der Waals surface area contributed by atoms with E-state index in [0.29, 0.717) is 9.50 Å². The van der Waals surface area contributed by atoms with Gasteiger partial charge in [0.15, 0.2) is 14.2 Å². The third-order valence-corrected chi connectivity index (χ3v) is 7.24. The van der Waals surface area contributed by atoms with Crippen LogP contribution in [-0.2, 0) is 9.84 Å². The Morgan fingerprint density at radius 1 is 1.12 bits per heavy atom. The smallest absolute Gasteiger partial charge is 0.221 e. The Bertz CT molecular complexity index is 1160. The fourth-order valence-electron chi connectivity index (χ4n) is 2.33. The summed E-state index contributed by atoms with van der Waals surface area (Å²) in [7, 11) is -3.27. The minimum absolute atomic E-state index is 0.221. The molecule has 0 aliphatic rings. The molecule has 0 aliphatic heterocycles. The summed E-state index contributed by atoms with van der Waals surface area (Å²) in [5, 5.41) is 14.5. The normalized spacial score (nSPS) is 11.9. The average Bonchev–Trinajstić information content (AvgIpc) is 3.24. The number of fused-ring (bicyclic) bond motifs is 1. The molecule has 0 saturated carbocycles. The zero-order valence-electron chi connectivity index (χ0n) is 12.9. The Morgan fingerprint density at radius 2 is 1.92 bits per heavy atom. The number of rotatable bonds is 4. The molecular weight excluding hydrogens is 378 g/mol. The van der Waals surface area contributed by atoms with Gasteiger partial charge in [-0.25, -0.2) is 13.4 Å². The molecule has 0 radical (unpaired) electrons. The van der Waals surface area contributed by atoms with Crippen LogP contribution in [-0.4, -0.2) is 39.9 Å².